The van der Waals surface area contributed by atoms with Gasteiger partial charge in [-0.25, -0.2) is 0 Å². The van der Waals surface area contributed by atoms with Gasteiger partial charge in [-0.2, -0.15) is 0 Å². The highest BCUT2D eigenvalue weighted by Gasteiger charge is 2.77. The summed E-state index contributed by atoms with van der Waals surface area (Å²) < 4.78 is 24.4. The number of hydrogen-bond acceptors (Lipinski definition) is 4. The molecule has 3 aliphatic rings. The van der Waals surface area contributed by atoms with E-state index in [2.05, 4.69) is 26.0 Å². The van der Waals surface area contributed by atoms with Crippen LogP contribution in [-0.2, 0) is 15.1 Å². The first-order valence-electron chi connectivity index (χ1n) is 12.9. The summed E-state index contributed by atoms with van der Waals surface area (Å²) in [6.45, 7) is 6.01. The summed E-state index contributed by atoms with van der Waals surface area (Å²) in [5.74, 6) is 1.95. The van der Waals surface area contributed by atoms with Crippen LogP contribution in [0.25, 0.3) is 0 Å². The van der Waals surface area contributed by atoms with Gasteiger partial charge >= 0.3 is 0 Å². The van der Waals surface area contributed by atoms with Gasteiger partial charge in [-0.15, -0.1) is 0 Å². The largest absolute Gasteiger partial charge is 0.494 e. The molecular weight excluding hydrogens is 400 g/mol. The van der Waals surface area contributed by atoms with Gasteiger partial charge in [0.2, 0.25) is 0 Å². The third kappa shape index (κ3) is 5.01. The van der Waals surface area contributed by atoms with Gasteiger partial charge in [0.1, 0.15) is 17.3 Å². The van der Waals surface area contributed by atoms with Gasteiger partial charge in [-0.05, 0) is 43.2 Å². The molecule has 176 valence electrons. The second-order valence-electron chi connectivity index (χ2n) is 9.38. The molecule has 4 rings (SSSR count). The monoisotopic (exact) mass is 440 g/mol. The molecule has 1 saturated heterocycles. The highest BCUT2D eigenvalue weighted by molar-refractivity contribution is 5.59. The van der Waals surface area contributed by atoms with Crippen LogP contribution in [-0.4, -0.2) is 19.0 Å². The first-order valence-corrected chi connectivity index (χ1v) is 12.9. The Hall–Kier alpha value is -1.94. The van der Waals surface area contributed by atoms with E-state index in [-0.39, 0.29) is 0 Å². The summed E-state index contributed by atoms with van der Waals surface area (Å²) >= 11 is 0. The van der Waals surface area contributed by atoms with Crippen LogP contribution in [0.2, 0.25) is 0 Å². The lowest BCUT2D eigenvalue weighted by Crippen LogP contribution is -2.23. The summed E-state index contributed by atoms with van der Waals surface area (Å²) in [5, 5.41) is 0. The Morgan fingerprint density at radius 2 is 1.44 bits per heavy atom. The predicted octanol–water partition coefficient (Wildman–Crippen LogP) is 7.57. The van der Waals surface area contributed by atoms with Gasteiger partial charge in [0.15, 0.2) is 5.60 Å². The normalized spacial score (nSPS) is 24.2. The topological polar surface area (TPSA) is 40.2 Å². The van der Waals surface area contributed by atoms with Gasteiger partial charge in [-0.1, -0.05) is 78.1 Å². The molecule has 1 aromatic carbocycles. The Labute approximate surface area is 194 Å². The highest BCUT2D eigenvalue weighted by Crippen LogP contribution is 2.67. The zero-order valence-electron chi connectivity index (χ0n) is 20.0. The van der Waals surface area contributed by atoms with Crippen LogP contribution < -0.4 is 9.47 Å². The summed E-state index contributed by atoms with van der Waals surface area (Å²) in [7, 11) is 0. The Morgan fingerprint density at radius 3 is 2.16 bits per heavy atom. The highest BCUT2D eigenvalue weighted by atomic mass is 16.8. The minimum absolute atomic E-state index is 0.562. The molecule has 0 saturated carbocycles. The van der Waals surface area contributed by atoms with Crippen molar-refractivity contribution in [2.45, 2.75) is 102 Å². The molecule has 1 aliphatic carbocycles. The van der Waals surface area contributed by atoms with Crippen molar-refractivity contribution in [3.63, 3.8) is 0 Å². The maximum absolute atomic E-state index is 6.16. The minimum atomic E-state index is -0.694. The zero-order chi connectivity index (χ0) is 22.3. The molecule has 0 bridgehead atoms. The summed E-state index contributed by atoms with van der Waals surface area (Å²) in [6.07, 6.45) is 21.2. The van der Waals surface area contributed by atoms with Crippen molar-refractivity contribution in [3.05, 3.63) is 47.7 Å². The molecule has 2 aliphatic heterocycles. The minimum Gasteiger partial charge on any atom is -0.494 e. The molecule has 0 aromatic heterocycles. The third-order valence-electron chi connectivity index (χ3n) is 6.75. The molecule has 1 fully saturated rings. The molecule has 2 atom stereocenters. The van der Waals surface area contributed by atoms with E-state index >= 15 is 0 Å². The second kappa shape index (κ2) is 10.8. The molecule has 1 aromatic rings. The molecule has 4 heteroatoms. The van der Waals surface area contributed by atoms with E-state index in [0.717, 1.165) is 48.9 Å². The smallest absolute Gasteiger partial charge is 0.269 e. The molecule has 2 unspecified atom stereocenters. The fraction of sp³-hybridized carbons (Fsp3) is 0.643. The van der Waals surface area contributed by atoms with E-state index in [9.17, 15) is 0 Å². The number of unbranched alkanes of at least 4 members (excludes halogenated alkanes) is 10. The van der Waals surface area contributed by atoms with Crippen molar-refractivity contribution in [1.29, 1.82) is 0 Å². The number of benzene rings is 1. The summed E-state index contributed by atoms with van der Waals surface area (Å²) in [4.78, 5) is 0. The molecule has 0 N–H and O–H groups in total. The van der Waals surface area contributed by atoms with Crippen LogP contribution in [0.4, 0.5) is 0 Å². The van der Waals surface area contributed by atoms with Crippen LogP contribution >= 0.6 is 0 Å². The van der Waals surface area contributed by atoms with Crippen LogP contribution in [0, 0.1) is 0 Å². The molecule has 0 amide bonds. The lowest BCUT2D eigenvalue weighted by atomic mass is 9.91. The molecule has 0 radical (unpaired) electrons. The maximum Gasteiger partial charge on any atom is 0.269 e. The predicted molar refractivity (Wildman–Crippen MR) is 128 cm³/mol. The number of rotatable bonds is 16. The van der Waals surface area contributed by atoms with Crippen molar-refractivity contribution in [3.8, 4) is 11.5 Å². The molecular formula is C28H40O4. The van der Waals surface area contributed by atoms with Crippen molar-refractivity contribution in [1.82, 2.24) is 0 Å². The van der Waals surface area contributed by atoms with E-state index < -0.39 is 11.4 Å². The van der Waals surface area contributed by atoms with Crippen molar-refractivity contribution in [2.75, 3.05) is 13.2 Å². The van der Waals surface area contributed by atoms with Crippen molar-refractivity contribution >= 4 is 0 Å². The SMILES string of the molecule is CCCCCCCCOC1=CC23OC2(C=C1)Oc1ccc(OCCCCCCCC)cc13. The summed E-state index contributed by atoms with van der Waals surface area (Å²) in [6, 6.07) is 6.10. The number of fused-ring (bicyclic) bond motifs is 1. The standard InChI is InChI=1S/C28H40O4/c1-3-5-7-9-11-13-19-29-23-15-16-26-25(21-23)27-22-24(17-18-28(27,31-26)32-27)30-20-14-12-10-8-6-4-2/h15-18,21-22H,3-14,19-20H2,1-2H3. The van der Waals surface area contributed by atoms with Crippen molar-refractivity contribution < 1.29 is 18.9 Å². The van der Waals surface area contributed by atoms with E-state index in [1.807, 2.05) is 24.3 Å². The number of hydrogen-bond donors (Lipinski definition) is 0. The fourth-order valence-electron chi connectivity index (χ4n) is 4.77. The Bertz CT molecular complexity index is 814. The van der Waals surface area contributed by atoms with Gasteiger partial charge in [0.05, 0.1) is 13.2 Å². The quantitative estimate of drug-likeness (QED) is 0.196. The fourth-order valence-corrected chi connectivity index (χ4v) is 4.77. The zero-order valence-corrected chi connectivity index (χ0v) is 20.0. The van der Waals surface area contributed by atoms with Crippen molar-refractivity contribution in [2.24, 2.45) is 0 Å². The maximum atomic E-state index is 6.16. The molecule has 0 spiro atoms. The molecule has 4 nitrogen and oxygen atoms in total. The second-order valence-corrected chi connectivity index (χ2v) is 9.38. The van der Waals surface area contributed by atoms with Crippen LogP contribution in [0.5, 0.6) is 11.5 Å². The van der Waals surface area contributed by atoms with Crippen LogP contribution in [0.3, 0.4) is 0 Å². The summed E-state index contributed by atoms with van der Waals surface area (Å²) in [5.41, 5.74) is 0.482. The lowest BCUT2D eigenvalue weighted by Gasteiger charge is -2.14. The Morgan fingerprint density at radius 1 is 0.781 bits per heavy atom. The number of ether oxygens (including phenoxy) is 4. The van der Waals surface area contributed by atoms with E-state index in [0.29, 0.717) is 0 Å². The van der Waals surface area contributed by atoms with Gasteiger partial charge in [0, 0.05) is 11.6 Å². The lowest BCUT2D eigenvalue weighted by molar-refractivity contribution is 0.104. The molecule has 2 heterocycles. The average Bonchev–Trinajstić information content (AvgIpc) is 3.39. The Balaban J connectivity index is 1.28. The van der Waals surface area contributed by atoms with Crippen LogP contribution in [0.1, 0.15) is 96.5 Å². The third-order valence-corrected chi connectivity index (χ3v) is 6.75. The van der Waals surface area contributed by atoms with Gasteiger partial charge in [-0.3, -0.25) is 0 Å². The number of epoxide rings is 1. The van der Waals surface area contributed by atoms with E-state index in [4.69, 9.17) is 18.9 Å². The average molecular weight is 441 g/mol. The molecule has 32 heavy (non-hydrogen) atoms. The first-order chi connectivity index (χ1) is 15.7. The van der Waals surface area contributed by atoms with Gasteiger partial charge in [0.25, 0.3) is 5.79 Å². The van der Waals surface area contributed by atoms with E-state index in [1.165, 1.54) is 64.2 Å². The number of allylic oxidation sites excluding steroid dienone is 1. The first kappa shape index (κ1) is 23.2. The van der Waals surface area contributed by atoms with E-state index in [1.54, 1.807) is 0 Å². The van der Waals surface area contributed by atoms with Crippen LogP contribution in [0.15, 0.2) is 42.2 Å². The Kier molecular flexibility index (Phi) is 7.83. The van der Waals surface area contributed by atoms with Gasteiger partial charge < -0.3 is 18.9 Å².